The number of hydrogen-bond donors (Lipinski definition) is 1. The number of carbonyl (C=O) groups is 1. The number of alkyl halides is 1. The van der Waals surface area contributed by atoms with Gasteiger partial charge in [-0.1, -0.05) is 24.8 Å². The molecule has 1 aromatic carbocycles. The molecule has 1 aliphatic rings. The number of Topliss-reactive ketones (excluding diaryl/α,β-unsaturated/α-hetero) is 1. The van der Waals surface area contributed by atoms with Crippen molar-refractivity contribution in [1.29, 1.82) is 5.26 Å². The predicted molar refractivity (Wildman–Crippen MR) is 114 cm³/mol. The Morgan fingerprint density at radius 2 is 2.13 bits per heavy atom. The van der Waals surface area contributed by atoms with Crippen LogP contribution in [0.4, 0.5) is 8.78 Å². The zero-order chi connectivity index (χ0) is 22.1. The summed E-state index contributed by atoms with van der Waals surface area (Å²) in [6, 6.07) is 7.77. The van der Waals surface area contributed by atoms with Gasteiger partial charge in [0.05, 0.1) is 5.56 Å². The fourth-order valence-electron chi connectivity index (χ4n) is 3.66. The van der Waals surface area contributed by atoms with Crippen molar-refractivity contribution in [3.63, 3.8) is 0 Å². The minimum Gasteiger partial charge on any atom is -0.379 e. The molecule has 0 radical (unpaired) electrons. The summed E-state index contributed by atoms with van der Waals surface area (Å²) >= 11 is 1.16. The van der Waals surface area contributed by atoms with Crippen molar-refractivity contribution in [1.82, 2.24) is 4.98 Å². The van der Waals surface area contributed by atoms with Crippen LogP contribution in [-0.4, -0.2) is 27.4 Å². The summed E-state index contributed by atoms with van der Waals surface area (Å²) < 4.78 is 30.0. The Kier molecular flexibility index (Phi) is 6.22. The summed E-state index contributed by atoms with van der Waals surface area (Å²) in [5.74, 6) is -0.868. The largest absolute Gasteiger partial charge is 0.379 e. The first kappa shape index (κ1) is 21.9. The number of nitriles is 1. The van der Waals surface area contributed by atoms with Crippen molar-refractivity contribution in [2.24, 2.45) is 10.7 Å². The molecule has 0 aliphatic carbocycles. The Morgan fingerprint density at radius 1 is 1.40 bits per heavy atom. The number of amidine groups is 1. The van der Waals surface area contributed by atoms with Crippen LogP contribution in [0.2, 0.25) is 0 Å². The average Bonchev–Trinajstić information content (AvgIpc) is 2.71. The monoisotopic (exact) mass is 428 g/mol. The number of halogens is 2. The molecule has 0 fully saturated rings. The second kappa shape index (κ2) is 8.52. The predicted octanol–water partition coefficient (Wildman–Crippen LogP) is 4.22. The quantitative estimate of drug-likeness (QED) is 0.720. The number of hydrogen-bond acceptors (Lipinski definition) is 6. The molecule has 8 heteroatoms. The van der Waals surface area contributed by atoms with E-state index in [4.69, 9.17) is 11.0 Å². The Bertz CT molecular complexity index is 1070. The molecule has 156 valence electrons. The van der Waals surface area contributed by atoms with Crippen LogP contribution in [0.15, 0.2) is 35.5 Å². The molecule has 0 spiro atoms. The molecule has 1 aromatic heterocycles. The molecule has 3 rings (SSSR count). The third-order valence-electron chi connectivity index (χ3n) is 5.29. The minimum atomic E-state index is -1.47. The fraction of sp³-hybridized carbons (Fsp3) is 0.364. The summed E-state index contributed by atoms with van der Waals surface area (Å²) in [6.07, 6.45) is 0.405. The van der Waals surface area contributed by atoms with Crippen molar-refractivity contribution < 1.29 is 13.6 Å². The van der Waals surface area contributed by atoms with Crippen molar-refractivity contribution in [2.75, 3.05) is 0 Å². The Morgan fingerprint density at radius 3 is 2.77 bits per heavy atom. The molecule has 0 saturated heterocycles. The highest BCUT2D eigenvalue weighted by Gasteiger charge is 2.46. The van der Waals surface area contributed by atoms with Gasteiger partial charge in [-0.25, -0.2) is 13.8 Å². The summed E-state index contributed by atoms with van der Waals surface area (Å²) in [5, 5.41) is 8.74. The van der Waals surface area contributed by atoms with Crippen LogP contribution in [-0.2, 0) is 12.0 Å². The molecular weight excluding hydrogens is 406 g/mol. The van der Waals surface area contributed by atoms with Crippen LogP contribution in [0.25, 0.3) is 0 Å². The van der Waals surface area contributed by atoms with Crippen molar-refractivity contribution in [2.45, 2.75) is 50.6 Å². The molecule has 5 nitrogen and oxygen atoms in total. The topological polar surface area (TPSA) is 92.1 Å². The molecular formula is C22H22F2N4OS. The maximum Gasteiger partial charge on any atom is 0.185 e. The van der Waals surface area contributed by atoms with Gasteiger partial charge in [0, 0.05) is 23.4 Å². The zero-order valence-electron chi connectivity index (χ0n) is 16.9. The first-order valence-corrected chi connectivity index (χ1v) is 10.4. The van der Waals surface area contributed by atoms with E-state index in [1.807, 2.05) is 13.0 Å². The van der Waals surface area contributed by atoms with Gasteiger partial charge in [0.25, 0.3) is 0 Å². The molecule has 2 N–H and O–H groups in total. The highest BCUT2D eigenvalue weighted by Crippen LogP contribution is 2.43. The SMILES string of the molecule is CC[C@H]1SC(N)=N[C@](C)(c2cc(CC(=O)c3ncc(C#N)cc3C)ccc2F)[C@H]1F. The number of rotatable bonds is 5. The zero-order valence-corrected chi connectivity index (χ0v) is 17.8. The molecule has 0 unspecified atom stereocenters. The lowest BCUT2D eigenvalue weighted by Crippen LogP contribution is -2.45. The van der Waals surface area contributed by atoms with Crippen LogP contribution < -0.4 is 5.73 Å². The maximum atomic E-state index is 15.3. The lowest BCUT2D eigenvalue weighted by atomic mass is 9.83. The van der Waals surface area contributed by atoms with E-state index in [2.05, 4.69) is 9.98 Å². The second-order valence-electron chi connectivity index (χ2n) is 7.48. The number of aromatic nitrogens is 1. The van der Waals surface area contributed by atoms with Gasteiger partial charge >= 0.3 is 0 Å². The van der Waals surface area contributed by atoms with Gasteiger partial charge in [-0.3, -0.25) is 9.78 Å². The Labute approximate surface area is 178 Å². The lowest BCUT2D eigenvalue weighted by Gasteiger charge is -2.38. The van der Waals surface area contributed by atoms with Gasteiger partial charge < -0.3 is 5.73 Å². The number of nitrogens with two attached hydrogens (primary N) is 1. The minimum absolute atomic E-state index is 0.0365. The first-order valence-electron chi connectivity index (χ1n) is 9.54. The van der Waals surface area contributed by atoms with E-state index in [0.717, 1.165) is 11.8 Å². The van der Waals surface area contributed by atoms with E-state index in [-0.39, 0.29) is 28.6 Å². The van der Waals surface area contributed by atoms with Gasteiger partial charge in [0.2, 0.25) is 0 Å². The number of benzene rings is 1. The van der Waals surface area contributed by atoms with E-state index in [1.54, 1.807) is 13.0 Å². The first-order chi connectivity index (χ1) is 14.2. The van der Waals surface area contributed by atoms with E-state index in [1.165, 1.54) is 31.3 Å². The van der Waals surface area contributed by atoms with E-state index < -0.39 is 22.8 Å². The summed E-state index contributed by atoms with van der Waals surface area (Å²) in [5.41, 5.74) is 6.23. The molecule has 2 heterocycles. The van der Waals surface area contributed by atoms with Crippen molar-refractivity contribution >= 4 is 22.7 Å². The number of thioether (sulfide) groups is 1. The highest BCUT2D eigenvalue weighted by molar-refractivity contribution is 8.14. The second-order valence-corrected chi connectivity index (χ2v) is 8.74. The fourth-order valence-corrected chi connectivity index (χ4v) is 4.76. The third-order valence-corrected chi connectivity index (χ3v) is 6.50. The van der Waals surface area contributed by atoms with Gasteiger partial charge in [0.1, 0.15) is 29.3 Å². The van der Waals surface area contributed by atoms with Gasteiger partial charge in [0.15, 0.2) is 11.0 Å². The highest BCUT2D eigenvalue weighted by atomic mass is 32.2. The van der Waals surface area contributed by atoms with Crippen molar-refractivity contribution in [3.8, 4) is 6.07 Å². The van der Waals surface area contributed by atoms with E-state index in [0.29, 0.717) is 23.1 Å². The van der Waals surface area contributed by atoms with Gasteiger partial charge in [-0.2, -0.15) is 5.26 Å². The molecule has 0 amide bonds. The maximum absolute atomic E-state index is 15.3. The number of aryl methyl sites for hydroxylation is 1. The van der Waals surface area contributed by atoms with Crippen molar-refractivity contribution in [3.05, 3.63) is 64.2 Å². The summed E-state index contributed by atoms with van der Waals surface area (Å²) in [6.45, 7) is 5.08. The molecule has 1 aliphatic heterocycles. The third kappa shape index (κ3) is 4.08. The summed E-state index contributed by atoms with van der Waals surface area (Å²) in [7, 11) is 0. The van der Waals surface area contributed by atoms with Crippen LogP contribution in [0, 0.1) is 24.1 Å². The molecule has 2 aromatic rings. The average molecular weight is 429 g/mol. The van der Waals surface area contributed by atoms with E-state index in [9.17, 15) is 9.18 Å². The van der Waals surface area contributed by atoms with Crippen LogP contribution in [0.3, 0.4) is 0 Å². The summed E-state index contributed by atoms with van der Waals surface area (Å²) in [4.78, 5) is 21.1. The normalized spacial score (nSPS) is 23.5. The number of carbonyl (C=O) groups excluding carboxylic acids is 1. The van der Waals surface area contributed by atoms with Gasteiger partial charge in [-0.15, -0.1) is 0 Å². The van der Waals surface area contributed by atoms with Crippen LogP contribution >= 0.6 is 11.8 Å². The van der Waals surface area contributed by atoms with Gasteiger partial charge in [-0.05, 0) is 49.6 Å². The van der Waals surface area contributed by atoms with E-state index >= 15 is 4.39 Å². The molecule has 30 heavy (non-hydrogen) atoms. The molecule has 0 bridgehead atoms. The van der Waals surface area contributed by atoms with Crippen LogP contribution in [0.5, 0.6) is 0 Å². The smallest absolute Gasteiger partial charge is 0.185 e. The van der Waals surface area contributed by atoms with Crippen LogP contribution in [0.1, 0.15) is 53.0 Å². The number of pyridine rings is 1. The molecule has 0 saturated carbocycles. The number of nitrogens with zero attached hydrogens (tertiary/aromatic N) is 3. The number of ketones is 1. The number of aliphatic imine (C=N–C) groups is 1. The Balaban J connectivity index is 1.95. The standard InChI is InChI=1S/C22H22F2N4OS/c1-4-18-20(24)22(3,28-21(26)30-18)15-8-13(5-6-16(15)23)9-17(29)19-12(2)7-14(10-25)11-27-19/h5-8,11,18,20H,4,9H2,1-3H3,(H2,26,28)/t18-,20+,22-/m1/s1. The Hall–Kier alpha value is -2.79. The lowest BCUT2D eigenvalue weighted by molar-refractivity contribution is 0.0987. The molecule has 3 atom stereocenters.